The number of nitrogen functional groups attached to an aromatic ring is 1. The van der Waals surface area contributed by atoms with Crippen molar-refractivity contribution in [2.45, 2.75) is 38.5 Å². The first-order valence-corrected chi connectivity index (χ1v) is 6.22. The first-order chi connectivity index (χ1) is 8.85. The molecule has 7 nitrogen and oxygen atoms in total. The van der Waals surface area contributed by atoms with E-state index in [1.807, 2.05) is 20.8 Å². The van der Waals surface area contributed by atoms with Gasteiger partial charge in [0.25, 0.3) is 0 Å². The van der Waals surface area contributed by atoms with Gasteiger partial charge in [-0.25, -0.2) is 4.79 Å². The number of hydrogen-bond acceptors (Lipinski definition) is 5. The molecule has 0 saturated carbocycles. The Balaban J connectivity index is 1.98. The van der Waals surface area contributed by atoms with Crippen molar-refractivity contribution < 1.29 is 14.3 Å². The summed E-state index contributed by atoms with van der Waals surface area (Å²) in [6, 6.07) is -0.237. The Morgan fingerprint density at radius 1 is 1.58 bits per heavy atom. The molecular weight excluding hydrogens is 248 g/mol. The van der Waals surface area contributed by atoms with Gasteiger partial charge in [-0.15, -0.1) is 0 Å². The van der Waals surface area contributed by atoms with E-state index in [1.54, 1.807) is 17.1 Å². The molecule has 0 bridgehead atoms. The minimum atomic E-state index is -0.519. The summed E-state index contributed by atoms with van der Waals surface area (Å²) in [6.45, 7) is 6.39. The largest absolute Gasteiger partial charge is 0.444 e. The number of carbonyl (C=O) groups excluding carboxylic acids is 1. The lowest BCUT2D eigenvalue weighted by atomic mass is 10.2. The average Bonchev–Trinajstić information content (AvgIpc) is 2.83. The molecule has 3 N–H and O–H groups in total. The lowest BCUT2D eigenvalue weighted by molar-refractivity contribution is 0.0491. The smallest absolute Gasteiger partial charge is 0.408 e. The summed E-state index contributed by atoms with van der Waals surface area (Å²) in [5, 5.41) is 6.95. The fourth-order valence-corrected chi connectivity index (χ4v) is 1.93. The van der Waals surface area contributed by atoms with Gasteiger partial charge in [0.1, 0.15) is 5.60 Å². The number of amides is 1. The molecule has 2 heterocycles. The lowest BCUT2D eigenvalue weighted by Crippen LogP contribution is -2.43. The Hall–Kier alpha value is -1.76. The van der Waals surface area contributed by atoms with E-state index in [-0.39, 0.29) is 12.1 Å². The standard InChI is InChI=1S/C12H20N4O3/c1-12(2,3)19-11(17)15-9-6-18-7-10(9)16-5-8(13)4-14-16/h4-5,9-10H,6-7,13H2,1-3H3,(H,15,17)/t9-,10+/m0/s1. The average molecular weight is 268 g/mol. The van der Waals surface area contributed by atoms with Crippen molar-refractivity contribution >= 4 is 11.8 Å². The number of nitrogens with one attached hydrogen (secondary N) is 1. The van der Waals surface area contributed by atoms with Crippen molar-refractivity contribution in [1.29, 1.82) is 0 Å². The summed E-state index contributed by atoms with van der Waals surface area (Å²) in [5.41, 5.74) is 5.71. The van der Waals surface area contributed by atoms with Crippen LogP contribution in [0.4, 0.5) is 10.5 Å². The van der Waals surface area contributed by atoms with Crippen molar-refractivity contribution in [3.05, 3.63) is 12.4 Å². The minimum Gasteiger partial charge on any atom is -0.444 e. The molecule has 1 aromatic rings. The molecule has 0 aromatic carbocycles. The number of rotatable bonds is 2. The normalized spacial score (nSPS) is 23.3. The fourth-order valence-electron chi connectivity index (χ4n) is 1.93. The number of hydrogen-bond donors (Lipinski definition) is 2. The van der Waals surface area contributed by atoms with Gasteiger partial charge < -0.3 is 20.5 Å². The van der Waals surface area contributed by atoms with Crippen LogP contribution in [-0.2, 0) is 9.47 Å². The van der Waals surface area contributed by atoms with E-state index in [0.717, 1.165) is 0 Å². The van der Waals surface area contributed by atoms with E-state index in [4.69, 9.17) is 15.2 Å². The van der Waals surface area contributed by atoms with Gasteiger partial charge in [0.15, 0.2) is 0 Å². The van der Waals surface area contributed by atoms with E-state index >= 15 is 0 Å². The molecule has 1 aliphatic rings. The van der Waals surface area contributed by atoms with Crippen LogP contribution in [0.1, 0.15) is 26.8 Å². The second-order valence-electron chi connectivity index (χ2n) is 5.61. The molecule has 1 aromatic heterocycles. The molecule has 1 aliphatic heterocycles. The maximum Gasteiger partial charge on any atom is 0.408 e. The summed E-state index contributed by atoms with van der Waals surface area (Å²) in [7, 11) is 0. The van der Waals surface area contributed by atoms with E-state index in [2.05, 4.69) is 10.4 Å². The highest BCUT2D eigenvalue weighted by Gasteiger charge is 2.32. The van der Waals surface area contributed by atoms with Gasteiger partial charge in [-0.2, -0.15) is 5.10 Å². The summed E-state index contributed by atoms with van der Waals surface area (Å²) in [4.78, 5) is 11.8. The van der Waals surface area contributed by atoms with E-state index in [1.165, 1.54) is 0 Å². The predicted molar refractivity (Wildman–Crippen MR) is 69.7 cm³/mol. The van der Waals surface area contributed by atoms with Crippen LogP contribution in [0.3, 0.4) is 0 Å². The van der Waals surface area contributed by atoms with Crippen molar-refractivity contribution in [3.8, 4) is 0 Å². The third kappa shape index (κ3) is 3.60. The summed E-state index contributed by atoms with van der Waals surface area (Å²) in [6.07, 6.45) is 2.85. The molecular formula is C12H20N4O3. The number of alkyl carbamates (subject to hydrolysis) is 1. The number of aromatic nitrogens is 2. The van der Waals surface area contributed by atoms with Gasteiger partial charge in [0, 0.05) is 6.20 Å². The summed E-state index contributed by atoms with van der Waals surface area (Å²) < 4.78 is 12.3. The monoisotopic (exact) mass is 268 g/mol. The maximum absolute atomic E-state index is 11.8. The zero-order valence-electron chi connectivity index (χ0n) is 11.4. The van der Waals surface area contributed by atoms with Crippen LogP contribution in [0.25, 0.3) is 0 Å². The molecule has 2 atom stereocenters. The highest BCUT2D eigenvalue weighted by molar-refractivity contribution is 5.68. The quantitative estimate of drug-likeness (QED) is 0.832. The van der Waals surface area contributed by atoms with Crippen molar-refractivity contribution in [2.24, 2.45) is 0 Å². The van der Waals surface area contributed by atoms with E-state index < -0.39 is 11.7 Å². The maximum atomic E-state index is 11.8. The van der Waals surface area contributed by atoms with Crippen molar-refractivity contribution in [2.75, 3.05) is 18.9 Å². The van der Waals surface area contributed by atoms with Crippen LogP contribution >= 0.6 is 0 Å². The Morgan fingerprint density at radius 2 is 2.32 bits per heavy atom. The van der Waals surface area contributed by atoms with Crippen LogP contribution in [0.5, 0.6) is 0 Å². The number of ether oxygens (including phenoxy) is 2. The van der Waals surface area contributed by atoms with Gasteiger partial charge in [-0.3, -0.25) is 4.68 Å². The molecule has 0 spiro atoms. The second-order valence-corrected chi connectivity index (χ2v) is 5.61. The van der Waals surface area contributed by atoms with Crippen molar-refractivity contribution in [3.63, 3.8) is 0 Å². The topological polar surface area (TPSA) is 91.4 Å². The first-order valence-electron chi connectivity index (χ1n) is 6.22. The highest BCUT2D eigenvalue weighted by atomic mass is 16.6. The Bertz CT molecular complexity index is 452. The van der Waals surface area contributed by atoms with E-state index in [0.29, 0.717) is 18.9 Å². The van der Waals surface area contributed by atoms with Crippen LogP contribution in [-0.4, -0.2) is 40.7 Å². The molecule has 7 heteroatoms. The van der Waals surface area contributed by atoms with Crippen LogP contribution in [0.2, 0.25) is 0 Å². The number of nitrogens with two attached hydrogens (primary N) is 1. The van der Waals surface area contributed by atoms with Gasteiger partial charge in [-0.1, -0.05) is 0 Å². The lowest BCUT2D eigenvalue weighted by Gasteiger charge is -2.23. The predicted octanol–water partition coefficient (Wildman–Crippen LogP) is 0.930. The molecule has 19 heavy (non-hydrogen) atoms. The SMILES string of the molecule is CC(C)(C)OC(=O)N[C@H]1COC[C@H]1n1cc(N)cn1. The Kier molecular flexibility index (Phi) is 3.66. The molecule has 106 valence electrons. The Morgan fingerprint density at radius 3 is 2.89 bits per heavy atom. The number of carbonyl (C=O) groups is 1. The van der Waals surface area contributed by atoms with Crippen molar-refractivity contribution in [1.82, 2.24) is 15.1 Å². The van der Waals surface area contributed by atoms with Gasteiger partial charge in [-0.05, 0) is 20.8 Å². The zero-order valence-corrected chi connectivity index (χ0v) is 11.4. The second kappa shape index (κ2) is 5.08. The third-order valence-electron chi connectivity index (χ3n) is 2.71. The number of nitrogens with zero attached hydrogens (tertiary/aromatic N) is 2. The fraction of sp³-hybridized carbons (Fsp3) is 0.667. The van der Waals surface area contributed by atoms with E-state index in [9.17, 15) is 4.79 Å². The first kappa shape index (κ1) is 13.7. The minimum absolute atomic E-state index is 0.0650. The highest BCUT2D eigenvalue weighted by Crippen LogP contribution is 2.20. The van der Waals surface area contributed by atoms with Gasteiger partial charge in [0.2, 0.25) is 0 Å². The van der Waals surface area contributed by atoms with Gasteiger partial charge in [0.05, 0.1) is 37.2 Å². The molecule has 0 radical (unpaired) electrons. The third-order valence-corrected chi connectivity index (χ3v) is 2.71. The van der Waals surface area contributed by atoms with Crippen LogP contribution in [0, 0.1) is 0 Å². The van der Waals surface area contributed by atoms with Crippen LogP contribution < -0.4 is 11.1 Å². The number of anilines is 1. The molecule has 0 aliphatic carbocycles. The summed E-state index contributed by atoms with van der Waals surface area (Å²) in [5.74, 6) is 0. The zero-order chi connectivity index (χ0) is 14.0. The molecule has 0 unspecified atom stereocenters. The molecule has 1 saturated heterocycles. The molecule has 1 amide bonds. The van der Waals surface area contributed by atoms with Crippen LogP contribution in [0.15, 0.2) is 12.4 Å². The Labute approximate surface area is 112 Å². The summed E-state index contributed by atoms with van der Waals surface area (Å²) >= 11 is 0. The van der Waals surface area contributed by atoms with Gasteiger partial charge >= 0.3 is 6.09 Å². The molecule has 2 rings (SSSR count). The molecule has 1 fully saturated rings.